The van der Waals surface area contributed by atoms with E-state index in [2.05, 4.69) is 15.9 Å². The average molecular weight is 572 g/mol. The number of phenols is 1. The van der Waals surface area contributed by atoms with Crippen LogP contribution in [0.3, 0.4) is 0 Å². The molecule has 2 aliphatic carbocycles. The van der Waals surface area contributed by atoms with Crippen molar-refractivity contribution in [2.75, 3.05) is 19.6 Å². The van der Waals surface area contributed by atoms with E-state index < -0.39 is 45.2 Å². The van der Waals surface area contributed by atoms with Gasteiger partial charge in [-0.3, -0.25) is 29.0 Å². The number of carbonyl (C=O) groups excluding carboxylic acids is 4. The molecule has 0 bridgehead atoms. The number of ether oxygens (including phenoxy) is 1. The van der Waals surface area contributed by atoms with Gasteiger partial charge in [-0.15, -0.1) is 23.2 Å². The highest BCUT2D eigenvalue weighted by Crippen LogP contribution is 2.66. The monoisotopic (exact) mass is 570 g/mol. The molecule has 4 aliphatic rings. The standard InChI is InChI=1S/C23H21BrCl2N2O6/c1-27-18(30)12-5-4-11-14(16(12)19(27)31)8-22(25)20(32)28(9-24)21(33)23(22,26)17(11)13-7-10(34-2)3-6-15(13)29/h3-4,6-7,12,14,16-17,29H,5,8-9H2,1-2H3. The Morgan fingerprint density at radius 3 is 2.50 bits per heavy atom. The maximum atomic E-state index is 13.6. The third-order valence-electron chi connectivity index (χ3n) is 7.78. The van der Waals surface area contributed by atoms with Gasteiger partial charge in [0, 0.05) is 18.5 Å². The minimum atomic E-state index is -1.96. The van der Waals surface area contributed by atoms with Gasteiger partial charge in [0.25, 0.3) is 11.8 Å². The van der Waals surface area contributed by atoms with Gasteiger partial charge in [0.15, 0.2) is 9.75 Å². The maximum Gasteiger partial charge on any atom is 0.254 e. The highest BCUT2D eigenvalue weighted by Gasteiger charge is 2.76. The molecule has 1 aromatic rings. The van der Waals surface area contributed by atoms with E-state index in [9.17, 15) is 24.3 Å². The number of fused-ring (bicyclic) bond motifs is 4. The van der Waals surface area contributed by atoms with Gasteiger partial charge in [-0.1, -0.05) is 27.6 Å². The highest BCUT2D eigenvalue weighted by molar-refractivity contribution is 9.09. The quantitative estimate of drug-likeness (QED) is 0.259. The Kier molecular flexibility index (Phi) is 5.35. The Morgan fingerprint density at radius 1 is 1.15 bits per heavy atom. The summed E-state index contributed by atoms with van der Waals surface area (Å²) in [5.74, 6) is -4.70. The van der Waals surface area contributed by atoms with Gasteiger partial charge in [0.2, 0.25) is 11.8 Å². The summed E-state index contributed by atoms with van der Waals surface area (Å²) in [6, 6.07) is 4.53. The van der Waals surface area contributed by atoms with Crippen molar-refractivity contribution >= 4 is 62.8 Å². The van der Waals surface area contributed by atoms with E-state index in [1.54, 1.807) is 12.1 Å². The molecule has 0 aromatic heterocycles. The predicted octanol–water partition coefficient (Wildman–Crippen LogP) is 2.74. The van der Waals surface area contributed by atoms with Crippen molar-refractivity contribution in [3.05, 3.63) is 35.4 Å². The number of nitrogens with zero attached hydrogens (tertiary/aromatic N) is 2. The van der Waals surface area contributed by atoms with Gasteiger partial charge in [0.05, 0.1) is 24.4 Å². The van der Waals surface area contributed by atoms with E-state index in [0.29, 0.717) is 11.3 Å². The first kappa shape index (κ1) is 23.6. The minimum Gasteiger partial charge on any atom is -0.508 e. The number of likely N-dealkylation sites (tertiary alicyclic amines) is 2. The van der Waals surface area contributed by atoms with Crippen LogP contribution in [0.5, 0.6) is 11.5 Å². The van der Waals surface area contributed by atoms with Crippen LogP contribution in [-0.2, 0) is 19.2 Å². The lowest BCUT2D eigenvalue weighted by Gasteiger charge is -2.50. The van der Waals surface area contributed by atoms with E-state index in [1.807, 2.05) is 6.08 Å². The van der Waals surface area contributed by atoms with E-state index >= 15 is 0 Å². The molecule has 6 atom stereocenters. The first-order chi connectivity index (χ1) is 16.0. The summed E-state index contributed by atoms with van der Waals surface area (Å²) >= 11 is 17.3. The SMILES string of the molecule is COc1ccc(O)c(C2C3=CCC4C(=O)N(C)C(=O)C4C3CC3(Cl)C(=O)N(CBr)C(=O)C23Cl)c1. The molecule has 2 saturated heterocycles. The van der Waals surface area contributed by atoms with Gasteiger partial charge in [-0.25, -0.2) is 0 Å². The summed E-state index contributed by atoms with van der Waals surface area (Å²) in [4.78, 5) is 51.1. The molecule has 180 valence electrons. The summed E-state index contributed by atoms with van der Waals surface area (Å²) in [5, 5.41) is 10.9. The molecule has 1 saturated carbocycles. The van der Waals surface area contributed by atoms with Crippen LogP contribution in [0.1, 0.15) is 24.3 Å². The van der Waals surface area contributed by atoms with Crippen LogP contribution in [0, 0.1) is 17.8 Å². The number of allylic oxidation sites excluding steroid dienone is 2. The zero-order chi connectivity index (χ0) is 24.7. The van der Waals surface area contributed by atoms with Crippen LogP contribution in [0.4, 0.5) is 0 Å². The first-order valence-corrected chi connectivity index (χ1v) is 12.6. The lowest BCUT2D eigenvalue weighted by molar-refractivity contribution is -0.140. The fraction of sp³-hybridized carbons (Fsp3) is 0.478. The van der Waals surface area contributed by atoms with Crippen molar-refractivity contribution in [1.29, 1.82) is 0 Å². The maximum absolute atomic E-state index is 13.6. The summed E-state index contributed by atoms with van der Waals surface area (Å²) in [6.07, 6.45) is 2.00. The number of phenolic OH excluding ortho intramolecular Hbond substituents is 1. The van der Waals surface area contributed by atoms with Crippen LogP contribution in [0.25, 0.3) is 0 Å². The van der Waals surface area contributed by atoms with Gasteiger partial charge in [0.1, 0.15) is 11.5 Å². The van der Waals surface area contributed by atoms with Crippen LogP contribution in [0.2, 0.25) is 0 Å². The number of benzene rings is 1. The first-order valence-electron chi connectivity index (χ1n) is 10.7. The number of aromatic hydroxyl groups is 1. The van der Waals surface area contributed by atoms with Crippen molar-refractivity contribution in [2.24, 2.45) is 17.8 Å². The Hall–Kier alpha value is -2.10. The Balaban J connectivity index is 1.78. The highest BCUT2D eigenvalue weighted by atomic mass is 79.9. The number of imide groups is 2. The van der Waals surface area contributed by atoms with Crippen molar-refractivity contribution in [2.45, 2.75) is 28.5 Å². The molecule has 1 aromatic carbocycles. The third-order valence-corrected chi connectivity index (χ3v) is 9.70. The number of carbonyl (C=O) groups is 4. The van der Waals surface area contributed by atoms with Gasteiger partial charge in [-0.05, 0) is 37.0 Å². The lowest BCUT2D eigenvalue weighted by Crippen LogP contribution is -2.60. The summed E-state index contributed by atoms with van der Waals surface area (Å²) in [7, 11) is 2.90. The number of amides is 4. The molecule has 1 N–H and O–H groups in total. The van der Waals surface area contributed by atoms with Crippen LogP contribution in [-0.4, -0.2) is 67.9 Å². The Bertz CT molecular complexity index is 1190. The van der Waals surface area contributed by atoms with Gasteiger partial charge < -0.3 is 9.84 Å². The molecule has 0 spiro atoms. The van der Waals surface area contributed by atoms with E-state index in [-0.39, 0.29) is 41.4 Å². The molecule has 8 nitrogen and oxygen atoms in total. The number of rotatable bonds is 3. The molecule has 5 rings (SSSR count). The second-order valence-corrected chi connectivity index (χ2v) is 10.9. The second-order valence-electron chi connectivity index (χ2n) is 9.15. The minimum absolute atomic E-state index is 0.0901. The van der Waals surface area contributed by atoms with Crippen molar-refractivity contribution in [1.82, 2.24) is 9.80 Å². The third kappa shape index (κ3) is 2.72. The molecule has 6 unspecified atom stereocenters. The van der Waals surface area contributed by atoms with Crippen LogP contribution >= 0.6 is 39.1 Å². The normalized spacial score (nSPS) is 36.9. The number of hydrogen-bond donors (Lipinski definition) is 1. The molecule has 2 heterocycles. The summed E-state index contributed by atoms with van der Waals surface area (Å²) < 4.78 is 5.33. The predicted molar refractivity (Wildman–Crippen MR) is 126 cm³/mol. The van der Waals surface area contributed by atoms with Gasteiger partial charge in [-0.2, -0.15) is 0 Å². The Morgan fingerprint density at radius 2 is 1.85 bits per heavy atom. The number of halogens is 3. The van der Waals surface area contributed by atoms with Crippen molar-refractivity contribution < 1.29 is 29.0 Å². The number of methoxy groups -OCH3 is 1. The largest absolute Gasteiger partial charge is 0.508 e. The average Bonchev–Trinajstić information content (AvgIpc) is 3.12. The van der Waals surface area contributed by atoms with E-state index in [4.69, 9.17) is 27.9 Å². The van der Waals surface area contributed by atoms with Crippen LogP contribution in [0.15, 0.2) is 29.8 Å². The molecule has 2 aliphatic heterocycles. The lowest BCUT2D eigenvalue weighted by atomic mass is 9.56. The molecular weight excluding hydrogens is 551 g/mol. The van der Waals surface area contributed by atoms with Gasteiger partial charge >= 0.3 is 0 Å². The zero-order valence-corrected chi connectivity index (χ0v) is 21.4. The molecule has 11 heteroatoms. The molecule has 0 radical (unpaired) electrons. The fourth-order valence-electron chi connectivity index (χ4n) is 6.15. The number of hydrogen-bond acceptors (Lipinski definition) is 6. The zero-order valence-electron chi connectivity index (χ0n) is 18.3. The van der Waals surface area contributed by atoms with E-state index in [1.165, 1.54) is 20.2 Å². The molecular formula is C23H21BrCl2N2O6. The second kappa shape index (κ2) is 7.70. The molecule has 3 fully saturated rings. The van der Waals surface area contributed by atoms with E-state index in [0.717, 1.165) is 9.80 Å². The Labute approximate surface area is 213 Å². The van der Waals surface area contributed by atoms with Crippen molar-refractivity contribution in [3.63, 3.8) is 0 Å². The molecule has 4 amide bonds. The van der Waals surface area contributed by atoms with Crippen LogP contribution < -0.4 is 4.74 Å². The summed E-state index contributed by atoms with van der Waals surface area (Å²) in [5.41, 5.74) is 0.766. The smallest absolute Gasteiger partial charge is 0.254 e. The number of alkyl halides is 3. The van der Waals surface area contributed by atoms with Crippen molar-refractivity contribution in [3.8, 4) is 11.5 Å². The fourth-order valence-corrected chi connectivity index (χ4v) is 7.56. The summed E-state index contributed by atoms with van der Waals surface area (Å²) in [6.45, 7) is 0. The topological polar surface area (TPSA) is 104 Å². The molecule has 34 heavy (non-hydrogen) atoms.